The Hall–Kier alpha value is -0.980. The van der Waals surface area contributed by atoms with Crippen molar-refractivity contribution in [2.75, 3.05) is 18.5 Å². The molecule has 1 aromatic rings. The van der Waals surface area contributed by atoms with Gasteiger partial charge in [-0.05, 0) is 41.4 Å². The van der Waals surface area contributed by atoms with E-state index >= 15 is 0 Å². The number of nitrogens with one attached hydrogen (secondary N) is 1. The molecule has 2 unspecified atom stereocenters. The summed E-state index contributed by atoms with van der Waals surface area (Å²) in [6.45, 7) is 4.50. The van der Waals surface area contributed by atoms with Crippen LogP contribution in [0.3, 0.4) is 0 Å². The van der Waals surface area contributed by atoms with Crippen molar-refractivity contribution in [1.29, 1.82) is 0 Å². The summed E-state index contributed by atoms with van der Waals surface area (Å²) < 4.78 is 6.04. The zero-order valence-corrected chi connectivity index (χ0v) is 12.0. The second kappa shape index (κ2) is 4.95. The zero-order valence-electron chi connectivity index (χ0n) is 10.4. The fraction of sp³-hybridized carbons (Fsp3) is 0.500. The van der Waals surface area contributed by atoms with Crippen LogP contribution in [0.5, 0.6) is 0 Å². The van der Waals surface area contributed by atoms with Gasteiger partial charge < -0.3 is 15.8 Å². The monoisotopic (exact) mass is 313 g/mol. The molecule has 1 saturated heterocycles. The van der Waals surface area contributed by atoms with Crippen molar-refractivity contribution < 1.29 is 9.53 Å². The molecule has 0 saturated carbocycles. The first kappa shape index (κ1) is 13.5. The van der Waals surface area contributed by atoms with Crippen LogP contribution in [-0.2, 0) is 9.53 Å². The first-order valence-corrected chi connectivity index (χ1v) is 6.50. The van der Waals surface area contributed by atoms with E-state index in [4.69, 9.17) is 10.5 Å². The molecule has 5 nitrogen and oxygen atoms in total. The molecule has 6 heteroatoms. The van der Waals surface area contributed by atoms with Gasteiger partial charge in [0.1, 0.15) is 4.60 Å². The number of pyridine rings is 1. The van der Waals surface area contributed by atoms with Gasteiger partial charge >= 0.3 is 0 Å². The Labute approximate surface area is 114 Å². The second-order valence-electron chi connectivity index (χ2n) is 4.82. The lowest BCUT2D eigenvalue weighted by atomic mass is 9.85. The van der Waals surface area contributed by atoms with Gasteiger partial charge in [-0.25, -0.2) is 4.98 Å². The molecule has 18 heavy (non-hydrogen) atoms. The van der Waals surface area contributed by atoms with Crippen LogP contribution in [0.4, 0.5) is 5.69 Å². The number of amides is 1. The van der Waals surface area contributed by atoms with E-state index in [9.17, 15) is 4.79 Å². The maximum Gasteiger partial charge on any atom is 0.234 e. The Balaban J connectivity index is 2.14. The number of hydrogen-bond donors (Lipinski definition) is 2. The first-order chi connectivity index (χ1) is 8.43. The SMILES string of the molecule is Cc1cc(NC(=O)C2(C)COCC2N)cnc1Br. The molecule has 0 aromatic carbocycles. The van der Waals surface area contributed by atoms with Crippen LogP contribution in [0.15, 0.2) is 16.9 Å². The lowest BCUT2D eigenvalue weighted by molar-refractivity contribution is -0.125. The van der Waals surface area contributed by atoms with Gasteiger partial charge in [-0.1, -0.05) is 0 Å². The number of aromatic nitrogens is 1. The van der Waals surface area contributed by atoms with Gasteiger partial charge in [0.15, 0.2) is 0 Å². The highest BCUT2D eigenvalue weighted by Crippen LogP contribution is 2.29. The molecule has 1 aromatic heterocycles. The third-order valence-corrected chi connectivity index (χ3v) is 4.14. The van der Waals surface area contributed by atoms with Crippen LogP contribution in [-0.4, -0.2) is 30.1 Å². The highest BCUT2D eigenvalue weighted by Gasteiger charge is 2.44. The summed E-state index contributed by atoms with van der Waals surface area (Å²) in [6.07, 6.45) is 1.61. The number of ether oxygens (including phenoxy) is 1. The number of halogens is 1. The second-order valence-corrected chi connectivity index (χ2v) is 5.58. The number of nitrogens with zero attached hydrogens (tertiary/aromatic N) is 1. The molecule has 0 radical (unpaired) electrons. The Morgan fingerprint density at radius 1 is 1.72 bits per heavy atom. The smallest absolute Gasteiger partial charge is 0.234 e. The van der Waals surface area contributed by atoms with E-state index in [1.54, 1.807) is 6.20 Å². The van der Waals surface area contributed by atoms with E-state index in [0.29, 0.717) is 18.9 Å². The summed E-state index contributed by atoms with van der Waals surface area (Å²) in [4.78, 5) is 16.4. The van der Waals surface area contributed by atoms with Crippen LogP contribution in [0.2, 0.25) is 0 Å². The van der Waals surface area contributed by atoms with Crippen molar-refractivity contribution in [3.63, 3.8) is 0 Å². The number of carbonyl (C=O) groups excluding carboxylic acids is 1. The van der Waals surface area contributed by atoms with Crippen LogP contribution >= 0.6 is 15.9 Å². The Morgan fingerprint density at radius 2 is 2.44 bits per heavy atom. The van der Waals surface area contributed by atoms with Gasteiger partial charge in [0.25, 0.3) is 0 Å². The minimum atomic E-state index is -0.680. The van der Waals surface area contributed by atoms with Crippen LogP contribution in [0.25, 0.3) is 0 Å². The predicted molar refractivity (Wildman–Crippen MR) is 72.2 cm³/mol. The number of aryl methyl sites for hydroxylation is 1. The van der Waals surface area contributed by atoms with Crippen LogP contribution < -0.4 is 11.1 Å². The van der Waals surface area contributed by atoms with E-state index in [-0.39, 0.29) is 11.9 Å². The van der Waals surface area contributed by atoms with Crippen molar-refractivity contribution in [3.8, 4) is 0 Å². The molecule has 2 rings (SSSR count). The number of rotatable bonds is 2. The van der Waals surface area contributed by atoms with E-state index in [1.807, 2.05) is 19.9 Å². The largest absolute Gasteiger partial charge is 0.379 e. The summed E-state index contributed by atoms with van der Waals surface area (Å²) in [6, 6.07) is 1.58. The van der Waals surface area contributed by atoms with Gasteiger partial charge in [0.05, 0.1) is 30.5 Å². The molecule has 2 atom stereocenters. The van der Waals surface area contributed by atoms with Crippen molar-refractivity contribution in [2.45, 2.75) is 19.9 Å². The molecule has 0 spiro atoms. The Morgan fingerprint density at radius 3 is 3.00 bits per heavy atom. The van der Waals surface area contributed by atoms with Crippen molar-refractivity contribution in [3.05, 3.63) is 22.4 Å². The fourth-order valence-electron chi connectivity index (χ4n) is 1.82. The summed E-state index contributed by atoms with van der Waals surface area (Å²) in [7, 11) is 0. The van der Waals surface area contributed by atoms with Gasteiger partial charge in [0, 0.05) is 6.04 Å². The lowest BCUT2D eigenvalue weighted by Gasteiger charge is -2.25. The van der Waals surface area contributed by atoms with Gasteiger partial charge in [-0.2, -0.15) is 0 Å². The van der Waals surface area contributed by atoms with Crippen molar-refractivity contribution >= 4 is 27.5 Å². The Kier molecular flexibility index (Phi) is 3.70. The van der Waals surface area contributed by atoms with Crippen LogP contribution in [0, 0.1) is 12.3 Å². The highest BCUT2D eigenvalue weighted by molar-refractivity contribution is 9.10. The maximum atomic E-state index is 12.2. The zero-order chi connectivity index (χ0) is 13.3. The topological polar surface area (TPSA) is 77.2 Å². The molecular formula is C12H16BrN3O2. The summed E-state index contributed by atoms with van der Waals surface area (Å²) in [5.74, 6) is -0.129. The van der Waals surface area contributed by atoms with Gasteiger partial charge in [-0.3, -0.25) is 4.79 Å². The molecule has 1 aliphatic heterocycles. The number of nitrogens with two attached hydrogens (primary N) is 1. The van der Waals surface area contributed by atoms with Gasteiger partial charge in [-0.15, -0.1) is 0 Å². The van der Waals surface area contributed by atoms with E-state index < -0.39 is 5.41 Å². The average Bonchev–Trinajstić information content (AvgIpc) is 2.66. The van der Waals surface area contributed by atoms with Crippen LogP contribution in [0.1, 0.15) is 12.5 Å². The van der Waals surface area contributed by atoms with Crippen molar-refractivity contribution in [2.24, 2.45) is 11.1 Å². The van der Waals surface area contributed by atoms with Crippen molar-refractivity contribution in [1.82, 2.24) is 4.98 Å². The molecular weight excluding hydrogens is 298 g/mol. The molecule has 2 heterocycles. The number of anilines is 1. The maximum absolute atomic E-state index is 12.2. The summed E-state index contributed by atoms with van der Waals surface area (Å²) in [5, 5.41) is 2.84. The molecule has 1 fully saturated rings. The minimum absolute atomic E-state index is 0.129. The predicted octanol–water partition coefficient (Wildman–Crippen LogP) is 1.45. The fourth-order valence-corrected chi connectivity index (χ4v) is 2.04. The lowest BCUT2D eigenvalue weighted by Crippen LogP contribution is -2.47. The van der Waals surface area contributed by atoms with E-state index in [1.165, 1.54) is 0 Å². The third kappa shape index (κ3) is 2.41. The minimum Gasteiger partial charge on any atom is -0.379 e. The Bertz CT molecular complexity index is 480. The van der Waals surface area contributed by atoms with E-state index in [0.717, 1.165) is 10.2 Å². The third-order valence-electron chi connectivity index (χ3n) is 3.31. The van der Waals surface area contributed by atoms with Gasteiger partial charge in [0.2, 0.25) is 5.91 Å². The molecule has 0 aliphatic carbocycles. The normalized spacial score (nSPS) is 27.2. The molecule has 1 aliphatic rings. The molecule has 0 bridgehead atoms. The average molecular weight is 314 g/mol. The summed E-state index contributed by atoms with van der Waals surface area (Å²) in [5.41, 5.74) is 6.86. The first-order valence-electron chi connectivity index (χ1n) is 5.70. The number of hydrogen-bond acceptors (Lipinski definition) is 4. The quantitative estimate of drug-likeness (QED) is 0.810. The molecule has 3 N–H and O–H groups in total. The number of carbonyl (C=O) groups is 1. The standard InChI is InChI=1S/C12H16BrN3O2/c1-7-3-8(4-15-10(7)13)16-11(17)12(2)6-18-5-9(12)14/h3-4,9H,5-6,14H2,1-2H3,(H,16,17). The van der Waals surface area contributed by atoms with E-state index in [2.05, 4.69) is 26.2 Å². The molecule has 1 amide bonds. The summed E-state index contributed by atoms with van der Waals surface area (Å²) >= 11 is 3.32. The highest BCUT2D eigenvalue weighted by atomic mass is 79.9. The molecule has 98 valence electrons.